The van der Waals surface area contributed by atoms with E-state index in [2.05, 4.69) is 20.3 Å². The van der Waals surface area contributed by atoms with Crippen LogP contribution >= 0.6 is 0 Å². The number of H-pyrrole nitrogens is 1. The molecule has 3 aromatic rings. The van der Waals surface area contributed by atoms with Crippen LogP contribution in [0.15, 0.2) is 42.6 Å². The number of para-hydroxylation sites is 1. The molecule has 0 saturated heterocycles. The molecule has 0 fully saturated rings. The van der Waals surface area contributed by atoms with E-state index in [9.17, 15) is 4.79 Å². The van der Waals surface area contributed by atoms with Gasteiger partial charge in [0.05, 0.1) is 5.69 Å². The van der Waals surface area contributed by atoms with Gasteiger partial charge in [0.1, 0.15) is 5.69 Å². The van der Waals surface area contributed by atoms with Crippen LogP contribution in [0.4, 0.5) is 11.6 Å². The van der Waals surface area contributed by atoms with E-state index >= 15 is 0 Å². The third-order valence-electron chi connectivity index (χ3n) is 3.63. The Hall–Kier alpha value is -3.15. The second-order valence-electron chi connectivity index (χ2n) is 5.25. The Kier molecular flexibility index (Phi) is 3.80. The molecule has 4 N–H and O–H groups in total. The zero-order valence-electron chi connectivity index (χ0n) is 12.9. The van der Waals surface area contributed by atoms with Crippen LogP contribution in [0.25, 0.3) is 11.3 Å². The van der Waals surface area contributed by atoms with Gasteiger partial charge in [0.2, 0.25) is 5.95 Å². The molecule has 3 rings (SSSR count). The van der Waals surface area contributed by atoms with Crippen LogP contribution in [-0.4, -0.2) is 20.9 Å². The number of carbonyl (C=O) groups excluding carboxylic acids is 1. The molecule has 0 aliphatic heterocycles. The highest BCUT2D eigenvalue weighted by Crippen LogP contribution is 2.28. The highest BCUT2D eigenvalue weighted by molar-refractivity contribution is 5.95. The minimum atomic E-state index is -0.478. The third-order valence-corrected chi connectivity index (χ3v) is 3.63. The molecule has 0 unspecified atom stereocenters. The predicted octanol–water partition coefficient (Wildman–Crippen LogP) is 2.93. The minimum absolute atomic E-state index is 0.411. The number of hydrogen-bond acceptors (Lipinski definition) is 4. The predicted molar refractivity (Wildman–Crippen MR) is 89.5 cm³/mol. The summed E-state index contributed by atoms with van der Waals surface area (Å²) in [5, 5.41) is 3.16. The highest BCUT2D eigenvalue weighted by atomic mass is 16.1. The van der Waals surface area contributed by atoms with E-state index < -0.39 is 5.91 Å². The molecule has 0 atom stereocenters. The maximum Gasteiger partial charge on any atom is 0.265 e. The van der Waals surface area contributed by atoms with Crippen molar-refractivity contribution in [1.29, 1.82) is 0 Å². The third kappa shape index (κ3) is 2.91. The van der Waals surface area contributed by atoms with Gasteiger partial charge in [-0.05, 0) is 37.6 Å². The van der Waals surface area contributed by atoms with Gasteiger partial charge in [-0.25, -0.2) is 9.97 Å². The number of carbonyl (C=O) groups is 1. The zero-order valence-corrected chi connectivity index (χ0v) is 12.9. The fraction of sp³-hybridized carbons (Fsp3) is 0.118. The molecule has 0 bridgehead atoms. The van der Waals surface area contributed by atoms with Crippen LogP contribution in [0.2, 0.25) is 0 Å². The molecule has 1 aromatic carbocycles. The van der Waals surface area contributed by atoms with Crippen LogP contribution in [0.5, 0.6) is 0 Å². The summed E-state index contributed by atoms with van der Waals surface area (Å²) in [6, 6.07) is 11.5. The van der Waals surface area contributed by atoms with Crippen molar-refractivity contribution in [2.24, 2.45) is 5.73 Å². The Balaban J connectivity index is 1.99. The molecular formula is C17H17N5O. The van der Waals surface area contributed by atoms with E-state index in [1.54, 1.807) is 6.20 Å². The van der Waals surface area contributed by atoms with Gasteiger partial charge in [0.15, 0.2) is 0 Å². The molecule has 0 spiro atoms. The maximum atomic E-state index is 11.5. The molecule has 6 nitrogen and oxygen atoms in total. The summed E-state index contributed by atoms with van der Waals surface area (Å²) in [5.74, 6) is 0.0165. The van der Waals surface area contributed by atoms with Crippen LogP contribution in [-0.2, 0) is 0 Å². The van der Waals surface area contributed by atoms with Crippen molar-refractivity contribution in [2.45, 2.75) is 13.8 Å². The summed E-state index contributed by atoms with van der Waals surface area (Å²) in [4.78, 5) is 23.3. The van der Waals surface area contributed by atoms with Gasteiger partial charge < -0.3 is 16.0 Å². The van der Waals surface area contributed by atoms with Crippen LogP contribution in [0, 0.1) is 13.8 Å². The first-order chi connectivity index (χ1) is 11.1. The van der Waals surface area contributed by atoms with Gasteiger partial charge in [0.25, 0.3) is 5.91 Å². The number of nitrogens with two attached hydrogens (primary N) is 1. The molecule has 0 aliphatic rings. The lowest BCUT2D eigenvalue weighted by Crippen LogP contribution is -2.12. The monoisotopic (exact) mass is 307 g/mol. The first-order valence-electron chi connectivity index (χ1n) is 7.20. The number of hydrogen-bond donors (Lipinski definition) is 3. The molecule has 23 heavy (non-hydrogen) atoms. The number of rotatable bonds is 4. The highest BCUT2D eigenvalue weighted by Gasteiger charge is 2.17. The summed E-state index contributed by atoms with van der Waals surface area (Å²) < 4.78 is 0. The van der Waals surface area contributed by atoms with E-state index in [4.69, 9.17) is 5.73 Å². The lowest BCUT2D eigenvalue weighted by atomic mass is 10.1. The first-order valence-corrected chi connectivity index (χ1v) is 7.20. The average molecular weight is 307 g/mol. The van der Waals surface area contributed by atoms with Crippen molar-refractivity contribution in [3.63, 3.8) is 0 Å². The lowest BCUT2D eigenvalue weighted by Gasteiger charge is -2.07. The van der Waals surface area contributed by atoms with Crippen molar-refractivity contribution >= 4 is 17.5 Å². The normalized spacial score (nSPS) is 10.5. The largest absolute Gasteiger partial charge is 0.364 e. The van der Waals surface area contributed by atoms with Crippen molar-refractivity contribution in [3.05, 3.63) is 59.5 Å². The number of amides is 1. The molecule has 116 valence electrons. The summed E-state index contributed by atoms with van der Waals surface area (Å²) in [6.07, 6.45) is 1.68. The van der Waals surface area contributed by atoms with Gasteiger partial charge in [-0.2, -0.15) is 0 Å². The number of primary amides is 1. The Morgan fingerprint density at radius 1 is 1.17 bits per heavy atom. The van der Waals surface area contributed by atoms with Crippen LogP contribution < -0.4 is 11.1 Å². The molecule has 0 saturated carbocycles. The fourth-order valence-electron chi connectivity index (χ4n) is 2.59. The summed E-state index contributed by atoms with van der Waals surface area (Å²) in [5.41, 5.74) is 9.95. The first kappa shape index (κ1) is 14.8. The topological polar surface area (TPSA) is 96.7 Å². The van der Waals surface area contributed by atoms with Gasteiger partial charge in [-0.15, -0.1) is 0 Å². The SMILES string of the molecule is Cc1[nH]c(C(N)=O)c(C)c1-c1ccnc(Nc2ccccc2)n1. The summed E-state index contributed by atoms with van der Waals surface area (Å²) >= 11 is 0. The standard InChI is InChI=1S/C17H17N5O/c1-10-14(11(2)20-15(10)16(18)23)13-8-9-19-17(22-13)21-12-6-4-3-5-7-12/h3-9,20H,1-2H3,(H2,18,23)(H,19,21,22). The lowest BCUT2D eigenvalue weighted by molar-refractivity contribution is 0.0995. The molecule has 1 amide bonds. The number of anilines is 2. The zero-order chi connectivity index (χ0) is 16.4. The quantitative estimate of drug-likeness (QED) is 0.690. The van der Waals surface area contributed by atoms with Gasteiger partial charge in [-0.3, -0.25) is 4.79 Å². The van der Waals surface area contributed by atoms with E-state index in [-0.39, 0.29) is 0 Å². The Labute approximate surface area is 133 Å². The molecule has 2 heterocycles. The number of aryl methyl sites for hydroxylation is 1. The molecule has 0 radical (unpaired) electrons. The smallest absolute Gasteiger partial charge is 0.265 e. The van der Waals surface area contributed by atoms with Crippen molar-refractivity contribution in [2.75, 3.05) is 5.32 Å². The molecular weight excluding hydrogens is 290 g/mol. The Morgan fingerprint density at radius 2 is 1.91 bits per heavy atom. The van der Waals surface area contributed by atoms with Gasteiger partial charge in [0, 0.05) is 23.1 Å². The number of aromatic nitrogens is 3. The second kappa shape index (κ2) is 5.92. The van der Waals surface area contributed by atoms with Crippen molar-refractivity contribution in [3.8, 4) is 11.3 Å². The maximum absolute atomic E-state index is 11.5. The summed E-state index contributed by atoms with van der Waals surface area (Å²) in [7, 11) is 0. The number of benzene rings is 1. The number of aromatic amines is 1. The van der Waals surface area contributed by atoms with Crippen molar-refractivity contribution in [1.82, 2.24) is 15.0 Å². The average Bonchev–Trinajstić information content (AvgIpc) is 2.83. The molecule has 6 heteroatoms. The van der Waals surface area contributed by atoms with E-state index in [1.807, 2.05) is 50.2 Å². The fourth-order valence-corrected chi connectivity index (χ4v) is 2.59. The van der Waals surface area contributed by atoms with E-state index in [1.165, 1.54) is 0 Å². The molecule has 2 aromatic heterocycles. The van der Waals surface area contributed by atoms with Crippen molar-refractivity contribution < 1.29 is 4.79 Å². The number of nitrogens with one attached hydrogen (secondary N) is 2. The second-order valence-corrected chi connectivity index (χ2v) is 5.25. The van der Waals surface area contributed by atoms with Crippen LogP contribution in [0.1, 0.15) is 21.7 Å². The number of nitrogens with zero attached hydrogens (tertiary/aromatic N) is 2. The summed E-state index contributed by atoms with van der Waals surface area (Å²) in [6.45, 7) is 3.74. The van der Waals surface area contributed by atoms with E-state index in [0.717, 1.165) is 28.2 Å². The Morgan fingerprint density at radius 3 is 2.57 bits per heavy atom. The minimum Gasteiger partial charge on any atom is -0.364 e. The molecule has 0 aliphatic carbocycles. The van der Waals surface area contributed by atoms with Gasteiger partial charge >= 0.3 is 0 Å². The Bertz CT molecular complexity index is 855. The van der Waals surface area contributed by atoms with Gasteiger partial charge in [-0.1, -0.05) is 18.2 Å². The van der Waals surface area contributed by atoms with E-state index in [0.29, 0.717) is 11.6 Å². The van der Waals surface area contributed by atoms with Crippen LogP contribution in [0.3, 0.4) is 0 Å².